The molecule has 1 saturated carbocycles. The van der Waals surface area contributed by atoms with Crippen molar-refractivity contribution in [1.82, 2.24) is 36.4 Å². The van der Waals surface area contributed by atoms with Crippen LogP contribution in [0.4, 0.5) is 29.7 Å². The van der Waals surface area contributed by atoms with E-state index in [9.17, 15) is 64.1 Å². The molecule has 84 heavy (non-hydrogen) atoms. The Kier molecular flexibility index (Phi) is 23.9. The van der Waals surface area contributed by atoms with Crippen LogP contribution < -0.4 is 26.6 Å². The van der Waals surface area contributed by atoms with Crippen LogP contribution in [0.3, 0.4) is 0 Å². The Bertz CT molecular complexity index is 2490. The van der Waals surface area contributed by atoms with Crippen molar-refractivity contribution in [2.45, 2.75) is 211 Å². The van der Waals surface area contributed by atoms with Crippen LogP contribution in [0, 0.1) is 10.1 Å². The fourth-order valence-corrected chi connectivity index (χ4v) is 8.76. The summed E-state index contributed by atoms with van der Waals surface area (Å²) in [7, 11) is 2.60. The van der Waals surface area contributed by atoms with Crippen LogP contribution in [-0.2, 0) is 58.8 Å². The van der Waals surface area contributed by atoms with Gasteiger partial charge in [-0.05, 0) is 133 Å². The molecule has 30 nitrogen and oxygen atoms in total. The molecule has 0 unspecified atom stereocenters. The van der Waals surface area contributed by atoms with Crippen molar-refractivity contribution >= 4 is 48.0 Å². The molecule has 4 rings (SSSR count). The largest absolute Gasteiger partial charge is 0.465 e. The Hall–Kier alpha value is -6.83. The summed E-state index contributed by atoms with van der Waals surface area (Å²) in [5.74, 6) is -1.76. The predicted octanol–water partition coefficient (Wildman–Crippen LogP) is 2.70. The molecule has 0 spiro atoms. The number of nitrogens with one attached hydrogen (secondary N) is 5. The summed E-state index contributed by atoms with van der Waals surface area (Å²) >= 11 is 0. The lowest BCUT2D eigenvalue weighted by atomic mass is 9.82. The standard InChI is InChI=1S/C54H86N8O22/c1-50(2,3)81-46(69)55-23-22-35(63)42(67)58-33-24-34(59-47(70)82-51(4,5)6)40(37(65)39(33)80-44-38(66)41(54(13,73)28-77-44)61(15)49(72)84-53(10,11)12)79-43-32(57-36(64)26-60(14)48(71)83-52(7,8)9)21-20-31(78-43)25-56-45(68)76-27-29-16-18-30(19-17-29)62(74)75/h16-20,32-35,37-41,43-44,63,65-66,73H,21-28H2,1-15H3,(H,55,69)(H,56,68)(H,57,64)(H,58,67)(H,59,70)/t32-,33-,34+,35+,37-,38-,39+,40-,41-,43-,44-,54+/m1/s1. The SMILES string of the molecule is CN(CC(=O)N[C@@H]1CC=C(CNC(=O)OCc2ccc([N+](=O)[O-])cc2)O[C@@H]1O[C@H]1[C@H](O)[C@@H](O[C@H]2OC[C@](C)(O)[C@H](N(C)C(=O)OC(C)(C)C)[C@H]2O)[C@H](NC(=O)[C@@H](O)CCNC(=O)OC(C)(C)C)C[C@@H]1NC(=O)OC(C)(C)C)C(=O)OC(C)(C)C. The summed E-state index contributed by atoms with van der Waals surface area (Å²) in [4.78, 5) is 106. The molecule has 1 aromatic rings. The molecule has 474 valence electrons. The predicted molar refractivity (Wildman–Crippen MR) is 294 cm³/mol. The molecular weight excluding hydrogens is 1110 g/mol. The van der Waals surface area contributed by atoms with Crippen LogP contribution in [0.1, 0.15) is 115 Å². The van der Waals surface area contributed by atoms with E-state index in [1.165, 1.54) is 51.4 Å². The van der Waals surface area contributed by atoms with Gasteiger partial charge >= 0.3 is 30.5 Å². The third-order valence-electron chi connectivity index (χ3n) is 12.4. The number of ether oxygens (including phenoxy) is 9. The number of hydrogen-bond donors (Lipinski definition) is 9. The zero-order chi connectivity index (χ0) is 63.4. The Morgan fingerprint density at radius 1 is 0.738 bits per heavy atom. The first-order chi connectivity index (χ1) is 38.6. The van der Waals surface area contributed by atoms with Gasteiger partial charge in [-0.3, -0.25) is 19.7 Å². The number of nitro groups is 1. The lowest BCUT2D eigenvalue weighted by molar-refractivity contribution is -0.384. The van der Waals surface area contributed by atoms with Gasteiger partial charge < -0.3 is 99.4 Å². The van der Waals surface area contributed by atoms with Gasteiger partial charge in [0, 0.05) is 32.8 Å². The Balaban J connectivity index is 1.76. The number of benzene rings is 1. The van der Waals surface area contributed by atoms with E-state index in [0.717, 1.165) is 9.80 Å². The summed E-state index contributed by atoms with van der Waals surface area (Å²) in [6.45, 7) is 18.7. The van der Waals surface area contributed by atoms with Crippen molar-refractivity contribution in [3.8, 4) is 0 Å². The number of nitro benzene ring substituents is 1. The molecular formula is C54H86N8O22. The van der Waals surface area contributed by atoms with Crippen LogP contribution in [0.2, 0.25) is 0 Å². The Morgan fingerprint density at radius 2 is 1.29 bits per heavy atom. The Labute approximate surface area is 487 Å². The van der Waals surface area contributed by atoms with Gasteiger partial charge in [0.2, 0.25) is 18.1 Å². The number of alkyl carbamates (subject to hydrolysis) is 3. The minimum absolute atomic E-state index is 0.0321. The molecule has 2 fully saturated rings. The number of hydrogen-bond acceptors (Lipinski definition) is 22. The summed E-state index contributed by atoms with van der Waals surface area (Å²) in [5.41, 5.74) is -5.54. The van der Waals surface area contributed by atoms with Gasteiger partial charge in [-0.25, -0.2) is 24.0 Å². The van der Waals surface area contributed by atoms with Gasteiger partial charge in [0.05, 0.1) is 42.2 Å². The molecule has 1 saturated heterocycles. The van der Waals surface area contributed by atoms with Crippen LogP contribution in [0.15, 0.2) is 36.1 Å². The molecule has 1 aromatic carbocycles. The number of aliphatic hydroxyl groups excluding tert-OH is 3. The number of carbonyl (C=O) groups excluding carboxylic acids is 7. The molecule has 0 aromatic heterocycles. The second kappa shape index (κ2) is 28.8. The van der Waals surface area contributed by atoms with Gasteiger partial charge in [0.1, 0.15) is 77.4 Å². The topological polar surface area (TPSA) is 393 Å². The number of aliphatic hydroxyl groups is 4. The van der Waals surface area contributed by atoms with E-state index >= 15 is 0 Å². The lowest BCUT2D eigenvalue weighted by Crippen LogP contribution is -2.71. The molecule has 0 radical (unpaired) electrons. The third-order valence-corrected chi connectivity index (χ3v) is 12.4. The van der Waals surface area contributed by atoms with Crippen molar-refractivity contribution < 1.29 is 102 Å². The van der Waals surface area contributed by atoms with E-state index in [2.05, 4.69) is 26.6 Å². The second-order valence-electron chi connectivity index (χ2n) is 24.8. The number of rotatable bonds is 19. The molecule has 2 aliphatic heterocycles. The van der Waals surface area contributed by atoms with Gasteiger partial charge in [0.15, 0.2) is 6.29 Å². The first kappa shape index (κ1) is 69.7. The van der Waals surface area contributed by atoms with Gasteiger partial charge in [-0.1, -0.05) is 0 Å². The number of amides is 7. The zero-order valence-electron chi connectivity index (χ0n) is 50.4. The number of nitrogens with zero attached hydrogens (tertiary/aromatic N) is 3. The minimum atomic E-state index is -2.05. The number of likely N-dealkylation sites (N-methyl/N-ethyl adjacent to an activating group) is 2. The van der Waals surface area contributed by atoms with E-state index in [1.54, 1.807) is 83.1 Å². The van der Waals surface area contributed by atoms with E-state index < -0.39 is 162 Å². The Morgan fingerprint density at radius 3 is 1.86 bits per heavy atom. The van der Waals surface area contributed by atoms with Crippen LogP contribution in [0.5, 0.6) is 0 Å². The van der Waals surface area contributed by atoms with Gasteiger partial charge in [0.25, 0.3) is 5.69 Å². The second-order valence-corrected chi connectivity index (χ2v) is 24.8. The first-order valence-corrected chi connectivity index (χ1v) is 27.3. The average Bonchev–Trinajstić information content (AvgIpc) is 1.96. The molecule has 3 aliphatic rings. The lowest BCUT2D eigenvalue weighted by Gasteiger charge is -2.50. The normalized spacial score (nSPS) is 25.8. The minimum Gasteiger partial charge on any atom is -0.465 e. The number of non-ortho nitro benzene ring substituents is 1. The van der Waals surface area contributed by atoms with Crippen molar-refractivity contribution in [3.05, 3.63) is 51.8 Å². The highest BCUT2D eigenvalue weighted by molar-refractivity contribution is 5.82. The van der Waals surface area contributed by atoms with E-state index in [0.29, 0.717) is 5.56 Å². The fourth-order valence-electron chi connectivity index (χ4n) is 8.76. The van der Waals surface area contributed by atoms with E-state index in [-0.39, 0.29) is 44.0 Å². The summed E-state index contributed by atoms with van der Waals surface area (Å²) in [5, 5.41) is 71.6. The molecule has 9 N–H and O–H groups in total. The monoisotopic (exact) mass is 1200 g/mol. The highest BCUT2D eigenvalue weighted by Gasteiger charge is 2.55. The summed E-state index contributed by atoms with van der Waals surface area (Å²) < 4.78 is 52.2. The zero-order valence-corrected chi connectivity index (χ0v) is 50.4. The summed E-state index contributed by atoms with van der Waals surface area (Å²) in [6.07, 6.45) is -16.7. The van der Waals surface area contributed by atoms with Crippen LogP contribution in [0.25, 0.3) is 0 Å². The van der Waals surface area contributed by atoms with E-state index in [1.807, 2.05) is 0 Å². The van der Waals surface area contributed by atoms with Crippen LogP contribution >= 0.6 is 0 Å². The van der Waals surface area contributed by atoms with E-state index in [4.69, 9.17) is 42.6 Å². The molecule has 30 heteroatoms. The maximum atomic E-state index is 14.0. The molecule has 12 atom stereocenters. The molecule has 7 amide bonds. The maximum absolute atomic E-state index is 14.0. The molecule has 2 heterocycles. The smallest absolute Gasteiger partial charge is 0.410 e. The average molecular weight is 1200 g/mol. The highest BCUT2D eigenvalue weighted by Crippen LogP contribution is 2.35. The summed E-state index contributed by atoms with van der Waals surface area (Å²) in [6, 6.07) is -0.233. The highest BCUT2D eigenvalue weighted by atomic mass is 16.7. The molecule has 0 bridgehead atoms. The number of carbonyl (C=O) groups is 7. The van der Waals surface area contributed by atoms with Crippen molar-refractivity contribution in [2.75, 3.05) is 40.3 Å². The third kappa shape index (κ3) is 22.3. The van der Waals surface area contributed by atoms with Gasteiger partial charge in [-0.2, -0.15) is 0 Å². The van der Waals surface area contributed by atoms with Crippen molar-refractivity contribution in [2.24, 2.45) is 0 Å². The van der Waals surface area contributed by atoms with Crippen LogP contribution in [-0.4, -0.2) is 213 Å². The maximum Gasteiger partial charge on any atom is 0.410 e. The molecule has 1 aliphatic carbocycles. The quantitative estimate of drug-likeness (QED) is 0.0546. The van der Waals surface area contributed by atoms with Gasteiger partial charge in [-0.15, -0.1) is 0 Å². The van der Waals surface area contributed by atoms with Crippen molar-refractivity contribution in [1.29, 1.82) is 0 Å². The first-order valence-electron chi connectivity index (χ1n) is 27.3. The van der Waals surface area contributed by atoms with Crippen molar-refractivity contribution in [3.63, 3.8) is 0 Å². The fraction of sp³-hybridized carbons (Fsp3) is 0.722.